The lowest BCUT2D eigenvalue weighted by atomic mass is 10.2. The van der Waals surface area contributed by atoms with Gasteiger partial charge < -0.3 is 9.88 Å². The number of aromatic nitrogens is 2. The van der Waals surface area contributed by atoms with E-state index in [1.807, 2.05) is 13.0 Å². The lowest BCUT2D eigenvalue weighted by Crippen LogP contribution is -2.21. The molecule has 0 aliphatic heterocycles. The van der Waals surface area contributed by atoms with E-state index in [-0.39, 0.29) is 5.91 Å². The predicted molar refractivity (Wildman–Crippen MR) is 90.8 cm³/mol. The van der Waals surface area contributed by atoms with E-state index in [9.17, 15) is 4.79 Å². The first-order valence-corrected chi connectivity index (χ1v) is 8.11. The number of amides is 1. The Morgan fingerprint density at radius 2 is 2.09 bits per heavy atom. The summed E-state index contributed by atoms with van der Waals surface area (Å²) in [5, 5.41) is 2.88. The first-order valence-electron chi connectivity index (χ1n) is 8.11. The van der Waals surface area contributed by atoms with Gasteiger partial charge in [-0.15, -0.1) is 0 Å². The summed E-state index contributed by atoms with van der Waals surface area (Å²) in [4.78, 5) is 16.0. The predicted octanol–water partition coefficient (Wildman–Crippen LogP) is 3.46. The fourth-order valence-electron chi connectivity index (χ4n) is 2.68. The van der Waals surface area contributed by atoms with Gasteiger partial charge in [0.15, 0.2) is 0 Å². The molecule has 4 nitrogen and oxygen atoms in total. The minimum absolute atomic E-state index is 0.00437. The number of imidazole rings is 1. The van der Waals surface area contributed by atoms with Crippen LogP contribution in [0.3, 0.4) is 0 Å². The highest BCUT2D eigenvalue weighted by Crippen LogP contribution is 2.17. The van der Waals surface area contributed by atoms with Crippen LogP contribution in [0.2, 0.25) is 0 Å². The van der Waals surface area contributed by atoms with Crippen molar-refractivity contribution in [1.82, 2.24) is 14.9 Å². The summed E-state index contributed by atoms with van der Waals surface area (Å²) in [5.74, 6) is 1.16. The number of benzene rings is 1. The number of para-hydroxylation sites is 2. The van der Waals surface area contributed by atoms with Crippen molar-refractivity contribution in [3.05, 3.63) is 42.2 Å². The highest BCUT2D eigenvalue weighted by Gasteiger charge is 2.08. The number of aryl methyl sites for hydroxylation is 2. The molecule has 0 aliphatic rings. The molecule has 0 radical (unpaired) electrons. The molecule has 0 bridgehead atoms. The molecule has 2 aromatic rings. The zero-order valence-electron chi connectivity index (χ0n) is 13.5. The van der Waals surface area contributed by atoms with Crippen LogP contribution in [-0.4, -0.2) is 22.0 Å². The SMILES string of the molecule is C/C=C/C(=O)NCCCCCc1nc2ccccc2n1CC. The maximum atomic E-state index is 11.3. The Morgan fingerprint density at radius 1 is 1.27 bits per heavy atom. The van der Waals surface area contributed by atoms with Gasteiger partial charge in [-0.25, -0.2) is 4.98 Å². The van der Waals surface area contributed by atoms with E-state index in [4.69, 9.17) is 4.98 Å². The Hall–Kier alpha value is -2.10. The number of rotatable bonds is 8. The summed E-state index contributed by atoms with van der Waals surface area (Å²) >= 11 is 0. The second-order valence-corrected chi connectivity index (χ2v) is 5.36. The minimum atomic E-state index is -0.00437. The molecular weight excluding hydrogens is 274 g/mol. The summed E-state index contributed by atoms with van der Waals surface area (Å²) in [7, 11) is 0. The molecule has 1 aromatic heterocycles. The quantitative estimate of drug-likeness (QED) is 0.599. The minimum Gasteiger partial charge on any atom is -0.353 e. The van der Waals surface area contributed by atoms with E-state index in [2.05, 4.69) is 35.0 Å². The number of carbonyl (C=O) groups excluding carboxylic acids is 1. The topological polar surface area (TPSA) is 46.9 Å². The smallest absolute Gasteiger partial charge is 0.243 e. The molecule has 0 atom stereocenters. The van der Waals surface area contributed by atoms with Crippen LogP contribution in [0.5, 0.6) is 0 Å². The van der Waals surface area contributed by atoms with Crippen LogP contribution in [0.25, 0.3) is 11.0 Å². The number of nitrogens with zero attached hydrogens (tertiary/aromatic N) is 2. The normalized spacial score (nSPS) is 11.4. The number of carbonyl (C=O) groups is 1. The van der Waals surface area contributed by atoms with Crippen molar-refractivity contribution in [2.45, 2.75) is 46.1 Å². The third-order valence-electron chi connectivity index (χ3n) is 3.74. The van der Waals surface area contributed by atoms with E-state index in [1.54, 1.807) is 12.2 Å². The molecule has 0 saturated carbocycles. The summed E-state index contributed by atoms with van der Waals surface area (Å²) in [6.07, 6.45) is 7.51. The largest absolute Gasteiger partial charge is 0.353 e. The van der Waals surface area contributed by atoms with Gasteiger partial charge in [-0.2, -0.15) is 0 Å². The molecule has 2 rings (SSSR count). The number of fused-ring (bicyclic) bond motifs is 1. The van der Waals surface area contributed by atoms with Crippen LogP contribution in [0.1, 0.15) is 38.9 Å². The summed E-state index contributed by atoms with van der Waals surface area (Å²) in [5.41, 5.74) is 2.30. The third kappa shape index (κ3) is 4.20. The van der Waals surface area contributed by atoms with Gasteiger partial charge in [0, 0.05) is 19.5 Å². The van der Waals surface area contributed by atoms with E-state index in [1.165, 1.54) is 11.3 Å². The van der Waals surface area contributed by atoms with Gasteiger partial charge in [0.1, 0.15) is 5.82 Å². The van der Waals surface area contributed by atoms with Gasteiger partial charge in [0.05, 0.1) is 11.0 Å². The van der Waals surface area contributed by atoms with Crippen LogP contribution in [-0.2, 0) is 17.8 Å². The average Bonchev–Trinajstić information content (AvgIpc) is 2.88. The highest BCUT2D eigenvalue weighted by molar-refractivity contribution is 5.87. The van der Waals surface area contributed by atoms with Crippen molar-refractivity contribution in [3.63, 3.8) is 0 Å². The molecule has 1 N–H and O–H groups in total. The highest BCUT2D eigenvalue weighted by atomic mass is 16.1. The van der Waals surface area contributed by atoms with Crippen molar-refractivity contribution in [1.29, 1.82) is 0 Å². The lowest BCUT2D eigenvalue weighted by Gasteiger charge is -2.06. The Bertz CT molecular complexity index is 643. The standard InChI is InChI=1S/C18H25N3O/c1-3-10-18(22)19-14-9-5-6-13-17-20-15-11-7-8-12-16(15)21(17)4-2/h3,7-8,10-12H,4-6,9,13-14H2,1-2H3,(H,19,22)/b10-3+. The summed E-state index contributed by atoms with van der Waals surface area (Å²) in [6.45, 7) is 5.70. The van der Waals surface area contributed by atoms with Crippen molar-refractivity contribution in [3.8, 4) is 0 Å². The van der Waals surface area contributed by atoms with Gasteiger partial charge in [-0.1, -0.05) is 24.6 Å². The van der Waals surface area contributed by atoms with Crippen molar-refractivity contribution >= 4 is 16.9 Å². The monoisotopic (exact) mass is 299 g/mol. The molecule has 1 aromatic carbocycles. The first-order chi connectivity index (χ1) is 10.8. The average molecular weight is 299 g/mol. The van der Waals surface area contributed by atoms with Gasteiger partial charge in [0.25, 0.3) is 0 Å². The molecule has 118 valence electrons. The Morgan fingerprint density at radius 3 is 2.86 bits per heavy atom. The number of hydrogen-bond donors (Lipinski definition) is 1. The second kappa shape index (κ2) is 8.37. The van der Waals surface area contributed by atoms with Crippen molar-refractivity contribution in [2.75, 3.05) is 6.54 Å². The Balaban J connectivity index is 1.79. The van der Waals surface area contributed by atoms with Crippen molar-refractivity contribution < 1.29 is 4.79 Å². The van der Waals surface area contributed by atoms with Crippen LogP contribution < -0.4 is 5.32 Å². The number of hydrogen-bond acceptors (Lipinski definition) is 2. The molecular formula is C18H25N3O. The van der Waals surface area contributed by atoms with Crippen molar-refractivity contribution in [2.24, 2.45) is 0 Å². The summed E-state index contributed by atoms with van der Waals surface area (Å²) in [6, 6.07) is 8.30. The second-order valence-electron chi connectivity index (χ2n) is 5.36. The molecule has 1 heterocycles. The molecule has 22 heavy (non-hydrogen) atoms. The molecule has 0 spiro atoms. The maximum Gasteiger partial charge on any atom is 0.243 e. The van der Waals surface area contributed by atoms with E-state index in [0.717, 1.165) is 44.3 Å². The third-order valence-corrected chi connectivity index (χ3v) is 3.74. The molecule has 0 fully saturated rings. The zero-order valence-corrected chi connectivity index (χ0v) is 13.5. The lowest BCUT2D eigenvalue weighted by molar-refractivity contribution is -0.116. The van der Waals surface area contributed by atoms with E-state index >= 15 is 0 Å². The fraction of sp³-hybridized carbons (Fsp3) is 0.444. The van der Waals surface area contributed by atoms with Crippen LogP contribution in [0, 0.1) is 0 Å². The molecule has 4 heteroatoms. The van der Waals surface area contributed by atoms with E-state index < -0.39 is 0 Å². The van der Waals surface area contributed by atoms with Crippen LogP contribution in [0.15, 0.2) is 36.4 Å². The zero-order chi connectivity index (χ0) is 15.8. The molecule has 0 aliphatic carbocycles. The Kier molecular flexibility index (Phi) is 6.19. The Labute approximate surface area is 132 Å². The molecule has 0 unspecified atom stereocenters. The molecule has 0 saturated heterocycles. The van der Waals surface area contributed by atoms with Crippen LogP contribution in [0.4, 0.5) is 0 Å². The molecule has 1 amide bonds. The number of allylic oxidation sites excluding steroid dienone is 1. The van der Waals surface area contributed by atoms with E-state index in [0.29, 0.717) is 0 Å². The fourth-order valence-corrected chi connectivity index (χ4v) is 2.68. The van der Waals surface area contributed by atoms with Gasteiger partial charge in [-0.05, 0) is 44.9 Å². The maximum absolute atomic E-state index is 11.3. The van der Waals surface area contributed by atoms with Gasteiger partial charge >= 0.3 is 0 Å². The summed E-state index contributed by atoms with van der Waals surface area (Å²) < 4.78 is 2.29. The van der Waals surface area contributed by atoms with Crippen LogP contribution >= 0.6 is 0 Å². The first kappa shape index (κ1) is 16.3. The number of unbranched alkanes of at least 4 members (excludes halogenated alkanes) is 2. The van der Waals surface area contributed by atoms with Gasteiger partial charge in [0.2, 0.25) is 5.91 Å². The number of nitrogens with one attached hydrogen (secondary N) is 1. The van der Waals surface area contributed by atoms with Gasteiger partial charge in [-0.3, -0.25) is 4.79 Å².